The molecule has 5 heteroatoms. The van der Waals surface area contributed by atoms with Crippen LogP contribution in [0.4, 0.5) is 0 Å². The molecule has 2 rings (SSSR count). The van der Waals surface area contributed by atoms with Gasteiger partial charge in [-0.25, -0.2) is 0 Å². The lowest BCUT2D eigenvalue weighted by Gasteiger charge is -2.40. The van der Waals surface area contributed by atoms with E-state index in [2.05, 4.69) is 44.9 Å². The van der Waals surface area contributed by atoms with Crippen molar-refractivity contribution >= 4 is 15.9 Å². The molecule has 1 fully saturated rings. The quantitative estimate of drug-likeness (QED) is 0.892. The van der Waals surface area contributed by atoms with Gasteiger partial charge in [-0.05, 0) is 63.0 Å². The minimum Gasteiger partial charge on any atom is -0.374 e. The predicted molar refractivity (Wildman–Crippen MR) is 85.1 cm³/mol. The topological polar surface area (TPSA) is 39.1 Å². The maximum atomic E-state index is 6.10. The van der Waals surface area contributed by atoms with Gasteiger partial charge < -0.3 is 10.1 Å². The van der Waals surface area contributed by atoms with Crippen LogP contribution in [0.2, 0.25) is 0 Å². The monoisotopic (exact) mass is 343 g/mol. The second kappa shape index (κ2) is 6.58. The summed E-state index contributed by atoms with van der Waals surface area (Å²) in [6.07, 6.45) is 4.49. The van der Waals surface area contributed by atoms with Crippen molar-refractivity contribution < 1.29 is 4.74 Å². The van der Waals surface area contributed by atoms with E-state index in [0.717, 1.165) is 36.2 Å². The van der Waals surface area contributed by atoms with Crippen LogP contribution in [0.15, 0.2) is 4.47 Å². The van der Waals surface area contributed by atoms with Crippen LogP contribution in [0.1, 0.15) is 44.5 Å². The third kappa shape index (κ3) is 3.10. The molecule has 0 aromatic carbocycles. The molecule has 1 saturated heterocycles. The van der Waals surface area contributed by atoms with E-state index in [1.54, 1.807) is 0 Å². The first-order valence-corrected chi connectivity index (χ1v) is 8.34. The molecule has 0 amide bonds. The normalized spacial score (nSPS) is 24.9. The fraction of sp³-hybridized carbons (Fsp3) is 0.800. The molecule has 1 aromatic heterocycles. The average Bonchev–Trinajstić information content (AvgIpc) is 2.72. The van der Waals surface area contributed by atoms with E-state index in [9.17, 15) is 0 Å². The van der Waals surface area contributed by atoms with Gasteiger partial charge >= 0.3 is 0 Å². The van der Waals surface area contributed by atoms with Crippen molar-refractivity contribution in [2.75, 3.05) is 13.7 Å². The van der Waals surface area contributed by atoms with E-state index in [0.29, 0.717) is 6.04 Å². The van der Waals surface area contributed by atoms with Gasteiger partial charge in [0.2, 0.25) is 0 Å². The van der Waals surface area contributed by atoms with Gasteiger partial charge in [-0.3, -0.25) is 4.68 Å². The molecule has 0 aliphatic carbocycles. The van der Waals surface area contributed by atoms with Gasteiger partial charge in [0.1, 0.15) is 0 Å². The Morgan fingerprint density at radius 2 is 2.25 bits per heavy atom. The van der Waals surface area contributed by atoms with Crippen LogP contribution < -0.4 is 5.32 Å². The summed E-state index contributed by atoms with van der Waals surface area (Å²) in [5, 5.41) is 8.05. The Balaban J connectivity index is 2.22. The van der Waals surface area contributed by atoms with Crippen LogP contribution in [0.5, 0.6) is 0 Å². The minimum absolute atomic E-state index is 0.0802. The molecule has 4 nitrogen and oxygen atoms in total. The fourth-order valence-electron chi connectivity index (χ4n) is 3.11. The largest absolute Gasteiger partial charge is 0.374 e. The molecule has 0 spiro atoms. The highest BCUT2D eigenvalue weighted by Crippen LogP contribution is 2.31. The molecular weight excluding hydrogens is 318 g/mol. The standard InChI is InChI=1S/C15H26BrN3O/c1-5-19-12(14(16)11(2)18-19)10-13(17-4)15(3)8-6-7-9-20-15/h13,17H,5-10H2,1-4H3. The summed E-state index contributed by atoms with van der Waals surface area (Å²) in [5.74, 6) is 0. The lowest BCUT2D eigenvalue weighted by molar-refractivity contribution is -0.0873. The molecule has 0 radical (unpaired) electrons. The highest BCUT2D eigenvalue weighted by atomic mass is 79.9. The van der Waals surface area contributed by atoms with Gasteiger partial charge in [0.05, 0.1) is 21.5 Å². The van der Waals surface area contributed by atoms with E-state index in [-0.39, 0.29) is 5.60 Å². The maximum Gasteiger partial charge on any atom is 0.0810 e. The van der Waals surface area contributed by atoms with Crippen molar-refractivity contribution in [3.63, 3.8) is 0 Å². The van der Waals surface area contributed by atoms with Crippen LogP contribution in [-0.4, -0.2) is 35.1 Å². The van der Waals surface area contributed by atoms with Crippen molar-refractivity contribution in [2.24, 2.45) is 0 Å². The highest BCUT2D eigenvalue weighted by molar-refractivity contribution is 9.10. The Morgan fingerprint density at radius 1 is 1.50 bits per heavy atom. The average molecular weight is 344 g/mol. The first-order valence-electron chi connectivity index (χ1n) is 7.55. The van der Waals surface area contributed by atoms with Crippen molar-refractivity contribution in [3.8, 4) is 0 Å². The van der Waals surface area contributed by atoms with Gasteiger partial charge in [-0.2, -0.15) is 5.10 Å². The fourth-order valence-corrected chi connectivity index (χ4v) is 3.56. The van der Waals surface area contributed by atoms with Gasteiger partial charge in [-0.15, -0.1) is 0 Å². The van der Waals surface area contributed by atoms with Gasteiger partial charge in [0.25, 0.3) is 0 Å². The minimum atomic E-state index is -0.0802. The second-order valence-electron chi connectivity index (χ2n) is 5.83. The Morgan fingerprint density at radius 3 is 2.80 bits per heavy atom. The lowest BCUT2D eigenvalue weighted by Crippen LogP contribution is -2.52. The molecule has 1 aromatic rings. The van der Waals surface area contributed by atoms with E-state index in [1.165, 1.54) is 18.5 Å². The molecule has 2 unspecified atom stereocenters. The van der Waals surface area contributed by atoms with Crippen LogP contribution in [0.3, 0.4) is 0 Å². The number of aryl methyl sites for hydroxylation is 2. The Kier molecular flexibility index (Phi) is 5.26. The van der Waals surface area contributed by atoms with Gasteiger partial charge in [-0.1, -0.05) is 0 Å². The third-order valence-electron chi connectivity index (χ3n) is 4.44. The molecule has 2 atom stereocenters. The number of hydrogen-bond donors (Lipinski definition) is 1. The Bertz CT molecular complexity index is 452. The maximum absolute atomic E-state index is 6.10. The molecule has 1 aliphatic rings. The SMILES string of the molecule is CCn1nc(C)c(Br)c1CC(NC)C1(C)CCCCO1. The molecule has 20 heavy (non-hydrogen) atoms. The first-order chi connectivity index (χ1) is 9.51. The van der Waals surface area contributed by atoms with Crippen LogP contribution >= 0.6 is 15.9 Å². The number of ether oxygens (including phenoxy) is 1. The second-order valence-corrected chi connectivity index (χ2v) is 6.62. The summed E-state index contributed by atoms with van der Waals surface area (Å²) < 4.78 is 9.33. The zero-order valence-corrected chi connectivity index (χ0v) is 14.6. The summed E-state index contributed by atoms with van der Waals surface area (Å²) in [6, 6.07) is 0.306. The number of nitrogens with one attached hydrogen (secondary N) is 1. The molecular formula is C15H26BrN3O. The van der Waals surface area contributed by atoms with E-state index >= 15 is 0 Å². The molecule has 0 bridgehead atoms. The lowest BCUT2D eigenvalue weighted by atomic mass is 9.85. The third-order valence-corrected chi connectivity index (χ3v) is 5.47. The van der Waals surface area contributed by atoms with Crippen molar-refractivity contribution in [1.29, 1.82) is 0 Å². The number of rotatable bonds is 5. The summed E-state index contributed by atoms with van der Waals surface area (Å²) in [6.45, 7) is 8.20. The molecule has 0 saturated carbocycles. The van der Waals surface area contributed by atoms with E-state index in [1.807, 2.05) is 14.0 Å². The smallest absolute Gasteiger partial charge is 0.0810 e. The predicted octanol–water partition coefficient (Wildman–Crippen LogP) is 3.06. The van der Waals surface area contributed by atoms with Crippen LogP contribution in [0.25, 0.3) is 0 Å². The van der Waals surface area contributed by atoms with E-state index < -0.39 is 0 Å². The van der Waals surface area contributed by atoms with Gasteiger partial charge in [0.15, 0.2) is 0 Å². The van der Waals surface area contributed by atoms with Crippen LogP contribution in [0, 0.1) is 6.92 Å². The van der Waals surface area contributed by atoms with E-state index in [4.69, 9.17) is 4.74 Å². The van der Waals surface area contributed by atoms with Crippen LogP contribution in [-0.2, 0) is 17.7 Å². The van der Waals surface area contributed by atoms with Crippen molar-refractivity contribution in [3.05, 3.63) is 15.9 Å². The molecule has 114 valence electrons. The van der Waals surface area contributed by atoms with Crippen molar-refractivity contribution in [1.82, 2.24) is 15.1 Å². The Hall–Kier alpha value is -0.390. The Labute approximate surface area is 130 Å². The van der Waals surface area contributed by atoms with Crippen molar-refractivity contribution in [2.45, 2.75) is 64.6 Å². The zero-order chi connectivity index (χ0) is 14.8. The number of halogens is 1. The summed E-state index contributed by atoms with van der Waals surface area (Å²) >= 11 is 3.69. The number of hydrogen-bond acceptors (Lipinski definition) is 3. The highest BCUT2D eigenvalue weighted by Gasteiger charge is 2.37. The zero-order valence-electron chi connectivity index (χ0n) is 13.0. The number of aromatic nitrogens is 2. The molecule has 1 aliphatic heterocycles. The molecule has 2 heterocycles. The summed E-state index contributed by atoms with van der Waals surface area (Å²) in [5.41, 5.74) is 2.24. The first kappa shape index (κ1) is 16.0. The van der Waals surface area contributed by atoms with Gasteiger partial charge in [0, 0.05) is 25.6 Å². The number of nitrogens with zero attached hydrogens (tertiary/aromatic N) is 2. The molecule has 1 N–H and O–H groups in total. The summed E-state index contributed by atoms with van der Waals surface area (Å²) in [7, 11) is 2.03. The number of likely N-dealkylation sites (N-methyl/N-ethyl adjacent to an activating group) is 1. The summed E-state index contributed by atoms with van der Waals surface area (Å²) in [4.78, 5) is 0.